The van der Waals surface area contributed by atoms with Gasteiger partial charge in [-0.05, 0) is 22.9 Å². The highest BCUT2D eigenvalue weighted by atomic mass is 16.7. The Morgan fingerprint density at radius 2 is 1.60 bits per heavy atom. The highest BCUT2D eigenvalue weighted by Crippen LogP contribution is 2.06. The van der Waals surface area contributed by atoms with Crippen LogP contribution in [0.5, 0.6) is 0 Å². The topological polar surface area (TPSA) is 47.9 Å². The normalized spacial score (nSPS) is 10.9. The highest BCUT2D eigenvalue weighted by Gasteiger charge is 2.08. The first-order chi connectivity index (χ1) is 9.75. The maximum atomic E-state index is 11.1. The van der Waals surface area contributed by atoms with Crippen molar-refractivity contribution in [2.75, 3.05) is 0 Å². The van der Waals surface area contributed by atoms with Crippen molar-refractivity contribution in [2.45, 2.75) is 13.5 Å². The van der Waals surface area contributed by atoms with Crippen molar-refractivity contribution < 1.29 is 14.4 Å². The van der Waals surface area contributed by atoms with Crippen molar-refractivity contribution in [1.29, 1.82) is 0 Å². The molecular formula is C16H15NO3. The van der Waals surface area contributed by atoms with Crippen molar-refractivity contribution in [3.8, 4) is 0 Å². The first kappa shape index (κ1) is 13.8. The molecule has 0 bridgehead atoms. The highest BCUT2D eigenvalue weighted by molar-refractivity contribution is 5.99. The van der Waals surface area contributed by atoms with E-state index in [1.165, 1.54) is 6.92 Å². The molecule has 2 aromatic carbocycles. The Kier molecular flexibility index (Phi) is 4.89. The molecule has 20 heavy (non-hydrogen) atoms. The van der Waals surface area contributed by atoms with E-state index in [4.69, 9.17) is 9.57 Å². The van der Waals surface area contributed by atoms with Crippen LogP contribution in [-0.4, -0.2) is 11.9 Å². The summed E-state index contributed by atoms with van der Waals surface area (Å²) in [6.45, 7) is 1.65. The Hall–Kier alpha value is -2.62. The zero-order valence-corrected chi connectivity index (χ0v) is 11.2. The number of oxime groups is 1. The van der Waals surface area contributed by atoms with E-state index in [0.717, 1.165) is 5.56 Å². The zero-order chi connectivity index (χ0) is 14.2. The maximum absolute atomic E-state index is 11.1. The van der Waals surface area contributed by atoms with Crippen LogP contribution in [0.25, 0.3) is 0 Å². The van der Waals surface area contributed by atoms with Crippen LogP contribution < -0.4 is 0 Å². The van der Waals surface area contributed by atoms with Gasteiger partial charge < -0.3 is 9.57 Å². The molecule has 0 amide bonds. The lowest BCUT2D eigenvalue weighted by atomic mass is 10.2. The molecule has 0 heterocycles. The number of carbonyl (C=O) groups excluding carboxylic acids is 1. The fraction of sp³-hybridized carbons (Fsp3) is 0.125. The lowest BCUT2D eigenvalue weighted by Crippen LogP contribution is -2.11. The van der Waals surface area contributed by atoms with Gasteiger partial charge >= 0.3 is 5.97 Å². The second-order valence-electron chi connectivity index (χ2n) is 4.12. The van der Waals surface area contributed by atoms with Crippen LogP contribution in [0.15, 0.2) is 65.8 Å². The molecule has 0 saturated heterocycles. The largest absolute Gasteiger partial charge is 0.404 e. The van der Waals surface area contributed by atoms with Gasteiger partial charge in [-0.1, -0.05) is 48.5 Å². The summed E-state index contributed by atoms with van der Waals surface area (Å²) in [5.41, 5.74) is 1.68. The minimum atomic E-state index is -0.434. The molecule has 4 heteroatoms. The summed E-state index contributed by atoms with van der Waals surface area (Å²) in [7, 11) is 0. The van der Waals surface area contributed by atoms with Gasteiger partial charge in [0.2, 0.25) is 0 Å². The number of rotatable bonds is 4. The number of hydrogen-bond acceptors (Lipinski definition) is 4. The van der Waals surface area contributed by atoms with Gasteiger partial charge in [-0.15, -0.1) is 0 Å². The second kappa shape index (κ2) is 7.09. The van der Waals surface area contributed by atoms with Crippen molar-refractivity contribution in [2.24, 2.45) is 5.16 Å². The lowest BCUT2D eigenvalue weighted by Gasteiger charge is -2.06. The predicted molar refractivity (Wildman–Crippen MR) is 76.0 cm³/mol. The molecule has 0 aliphatic rings. The summed E-state index contributed by atoms with van der Waals surface area (Å²) in [5.74, 6) is -0.273. The monoisotopic (exact) mass is 269 g/mol. The van der Waals surface area contributed by atoms with Gasteiger partial charge in [-0.3, -0.25) is 4.79 Å². The standard InChI is InChI=1S/C16H15NO3/c1-13(18)20-16(15-10-6-3-7-11-15)17-19-12-14-8-4-2-5-9-14/h2-11H,12H2,1H3. The van der Waals surface area contributed by atoms with E-state index in [1.54, 1.807) is 12.1 Å². The van der Waals surface area contributed by atoms with Crippen molar-refractivity contribution >= 4 is 11.9 Å². The van der Waals surface area contributed by atoms with E-state index in [2.05, 4.69) is 5.16 Å². The number of ether oxygens (including phenoxy) is 1. The van der Waals surface area contributed by atoms with Crippen molar-refractivity contribution in [3.63, 3.8) is 0 Å². The molecule has 0 spiro atoms. The first-order valence-electron chi connectivity index (χ1n) is 6.23. The molecule has 0 N–H and O–H groups in total. The first-order valence-corrected chi connectivity index (χ1v) is 6.23. The van der Waals surface area contributed by atoms with Crippen LogP contribution >= 0.6 is 0 Å². The molecule has 102 valence electrons. The third kappa shape index (κ3) is 4.24. The molecule has 0 aromatic heterocycles. The quantitative estimate of drug-likeness (QED) is 0.371. The van der Waals surface area contributed by atoms with Gasteiger partial charge in [0.15, 0.2) is 0 Å². The van der Waals surface area contributed by atoms with Crippen LogP contribution in [0.1, 0.15) is 18.1 Å². The van der Waals surface area contributed by atoms with E-state index >= 15 is 0 Å². The van der Waals surface area contributed by atoms with Gasteiger partial charge in [0.1, 0.15) is 6.61 Å². The van der Waals surface area contributed by atoms with Crippen LogP contribution in [-0.2, 0) is 21.0 Å². The van der Waals surface area contributed by atoms with Crippen LogP contribution in [0.4, 0.5) is 0 Å². The molecule has 0 aliphatic carbocycles. The Bertz CT molecular complexity index is 579. The molecule has 2 aromatic rings. The molecule has 0 saturated carbocycles. The Labute approximate surface area is 117 Å². The summed E-state index contributed by atoms with van der Waals surface area (Å²) in [6.07, 6.45) is 0. The van der Waals surface area contributed by atoms with Crippen LogP contribution in [0.2, 0.25) is 0 Å². The van der Waals surface area contributed by atoms with Crippen molar-refractivity contribution in [1.82, 2.24) is 0 Å². The van der Waals surface area contributed by atoms with E-state index in [9.17, 15) is 4.79 Å². The molecule has 0 fully saturated rings. The third-order valence-corrected chi connectivity index (χ3v) is 2.48. The summed E-state index contributed by atoms with van der Waals surface area (Å²) in [5, 5.41) is 3.90. The number of benzene rings is 2. The average Bonchev–Trinajstić information content (AvgIpc) is 2.48. The van der Waals surface area contributed by atoms with Gasteiger partial charge in [0.25, 0.3) is 5.90 Å². The number of carbonyl (C=O) groups is 1. The summed E-state index contributed by atoms with van der Waals surface area (Å²) in [6, 6.07) is 18.8. The SMILES string of the molecule is CC(=O)OC(=NOCc1ccccc1)c1ccccc1. The van der Waals surface area contributed by atoms with Gasteiger partial charge in [0, 0.05) is 12.5 Å². The van der Waals surface area contributed by atoms with Gasteiger partial charge in [0.05, 0.1) is 0 Å². The fourth-order valence-electron chi connectivity index (χ4n) is 1.59. The van der Waals surface area contributed by atoms with E-state index in [1.807, 2.05) is 48.5 Å². The van der Waals surface area contributed by atoms with Crippen molar-refractivity contribution in [3.05, 3.63) is 71.8 Å². The second-order valence-corrected chi connectivity index (χ2v) is 4.12. The zero-order valence-electron chi connectivity index (χ0n) is 11.2. The Morgan fingerprint density at radius 1 is 1.00 bits per heavy atom. The number of hydrogen-bond donors (Lipinski definition) is 0. The maximum Gasteiger partial charge on any atom is 0.309 e. The van der Waals surface area contributed by atoms with Gasteiger partial charge in [-0.2, -0.15) is 0 Å². The number of esters is 1. The molecule has 0 aliphatic heterocycles. The van der Waals surface area contributed by atoms with E-state index in [0.29, 0.717) is 12.2 Å². The molecule has 4 nitrogen and oxygen atoms in total. The lowest BCUT2D eigenvalue weighted by molar-refractivity contribution is -0.133. The molecular weight excluding hydrogens is 254 g/mol. The predicted octanol–water partition coefficient (Wildman–Crippen LogP) is 3.13. The summed E-state index contributed by atoms with van der Waals surface area (Å²) >= 11 is 0. The molecule has 0 atom stereocenters. The summed E-state index contributed by atoms with van der Waals surface area (Å²) < 4.78 is 5.06. The molecule has 0 unspecified atom stereocenters. The Balaban J connectivity index is 2.07. The number of nitrogens with zero attached hydrogens (tertiary/aromatic N) is 1. The Morgan fingerprint density at radius 3 is 2.20 bits per heavy atom. The van der Waals surface area contributed by atoms with Gasteiger partial charge in [-0.25, -0.2) is 0 Å². The minimum absolute atomic E-state index is 0.161. The molecule has 0 radical (unpaired) electrons. The minimum Gasteiger partial charge on any atom is -0.404 e. The average molecular weight is 269 g/mol. The van der Waals surface area contributed by atoms with Crippen LogP contribution in [0.3, 0.4) is 0 Å². The third-order valence-electron chi connectivity index (χ3n) is 2.48. The fourth-order valence-corrected chi connectivity index (χ4v) is 1.59. The van der Waals surface area contributed by atoms with E-state index in [-0.39, 0.29) is 5.90 Å². The smallest absolute Gasteiger partial charge is 0.309 e. The summed E-state index contributed by atoms with van der Waals surface area (Å²) in [4.78, 5) is 16.3. The van der Waals surface area contributed by atoms with Crippen LogP contribution in [0, 0.1) is 0 Å². The van der Waals surface area contributed by atoms with E-state index < -0.39 is 5.97 Å². The molecule has 2 rings (SSSR count).